The van der Waals surface area contributed by atoms with Gasteiger partial charge in [0.1, 0.15) is 18.4 Å². The first-order valence-corrected chi connectivity index (χ1v) is 5.86. The summed E-state index contributed by atoms with van der Waals surface area (Å²) < 4.78 is 10.5. The lowest BCUT2D eigenvalue weighted by Crippen LogP contribution is -2.38. The zero-order chi connectivity index (χ0) is 12.3. The Balaban J connectivity index is 1.99. The molecule has 1 aliphatic rings. The van der Waals surface area contributed by atoms with E-state index in [1.807, 2.05) is 24.3 Å². The van der Waals surface area contributed by atoms with Gasteiger partial charge in [0.2, 0.25) is 0 Å². The van der Waals surface area contributed by atoms with Crippen LogP contribution in [0.4, 0.5) is 0 Å². The summed E-state index contributed by atoms with van der Waals surface area (Å²) in [4.78, 5) is 11.5. The van der Waals surface area contributed by atoms with Crippen LogP contribution in [0.1, 0.15) is 25.5 Å². The predicted octanol–water partition coefficient (Wildman–Crippen LogP) is 1.66. The van der Waals surface area contributed by atoms with E-state index in [0.29, 0.717) is 13.2 Å². The van der Waals surface area contributed by atoms with Crippen LogP contribution in [0.5, 0.6) is 5.75 Å². The Kier molecular flexibility index (Phi) is 3.64. The second kappa shape index (κ2) is 5.19. The Morgan fingerprint density at radius 3 is 3.12 bits per heavy atom. The summed E-state index contributed by atoms with van der Waals surface area (Å²) in [6, 6.07) is 7.59. The van der Waals surface area contributed by atoms with Crippen LogP contribution >= 0.6 is 0 Å². The lowest BCUT2D eigenvalue weighted by atomic mass is 10.1. The molecule has 0 bridgehead atoms. The molecule has 0 spiro atoms. The van der Waals surface area contributed by atoms with Crippen molar-refractivity contribution < 1.29 is 14.3 Å². The van der Waals surface area contributed by atoms with Gasteiger partial charge in [0.25, 0.3) is 0 Å². The number of carbonyl (C=O) groups is 1. The van der Waals surface area contributed by atoms with Gasteiger partial charge in [-0.15, -0.1) is 0 Å². The summed E-state index contributed by atoms with van der Waals surface area (Å²) in [7, 11) is 0. The predicted molar refractivity (Wildman–Crippen MR) is 63.9 cm³/mol. The summed E-state index contributed by atoms with van der Waals surface area (Å²) >= 11 is 0. The fraction of sp³-hybridized carbons (Fsp3) is 0.462. The van der Waals surface area contributed by atoms with Crippen molar-refractivity contribution in [2.24, 2.45) is 0 Å². The Labute approximate surface area is 101 Å². The van der Waals surface area contributed by atoms with Crippen molar-refractivity contribution in [2.75, 3.05) is 13.2 Å². The lowest BCUT2D eigenvalue weighted by Gasteiger charge is -2.17. The molecule has 1 aliphatic heterocycles. The van der Waals surface area contributed by atoms with E-state index in [-0.39, 0.29) is 18.1 Å². The van der Waals surface area contributed by atoms with Gasteiger partial charge >= 0.3 is 5.97 Å². The van der Waals surface area contributed by atoms with Gasteiger partial charge in [-0.05, 0) is 19.9 Å². The first-order chi connectivity index (χ1) is 8.22. The highest BCUT2D eigenvalue weighted by Gasteiger charge is 2.27. The third kappa shape index (κ3) is 2.58. The summed E-state index contributed by atoms with van der Waals surface area (Å²) in [5, 5.41) is 3.22. The molecule has 0 saturated heterocycles. The quantitative estimate of drug-likeness (QED) is 0.806. The molecule has 2 rings (SSSR count). The van der Waals surface area contributed by atoms with Gasteiger partial charge in [-0.3, -0.25) is 10.1 Å². The number of rotatable bonds is 4. The van der Waals surface area contributed by atoms with Gasteiger partial charge < -0.3 is 9.47 Å². The number of hydrogen-bond acceptors (Lipinski definition) is 4. The molecule has 1 aromatic rings. The topological polar surface area (TPSA) is 47.6 Å². The van der Waals surface area contributed by atoms with E-state index >= 15 is 0 Å². The van der Waals surface area contributed by atoms with E-state index in [1.165, 1.54) is 0 Å². The van der Waals surface area contributed by atoms with E-state index in [2.05, 4.69) is 5.32 Å². The van der Waals surface area contributed by atoms with Crippen LogP contribution in [-0.2, 0) is 9.53 Å². The summed E-state index contributed by atoms with van der Waals surface area (Å²) in [5.41, 5.74) is 1.10. The van der Waals surface area contributed by atoms with Gasteiger partial charge in [-0.1, -0.05) is 18.2 Å². The molecule has 0 aromatic heterocycles. The molecule has 0 fully saturated rings. The number of carbonyl (C=O) groups excluding carboxylic acids is 1. The molecule has 2 atom stereocenters. The van der Waals surface area contributed by atoms with Gasteiger partial charge in [-0.2, -0.15) is 0 Å². The number of hydrogen-bond donors (Lipinski definition) is 1. The number of benzene rings is 1. The second-order valence-electron chi connectivity index (χ2n) is 4.04. The minimum atomic E-state index is -0.324. The first-order valence-electron chi connectivity index (χ1n) is 5.86. The number of ether oxygens (including phenoxy) is 2. The van der Waals surface area contributed by atoms with E-state index < -0.39 is 0 Å². The Bertz CT molecular complexity index is 405. The molecular formula is C13H17NO3. The van der Waals surface area contributed by atoms with Crippen LogP contribution in [0.15, 0.2) is 24.3 Å². The Morgan fingerprint density at radius 1 is 1.59 bits per heavy atom. The highest BCUT2D eigenvalue weighted by atomic mass is 16.5. The van der Waals surface area contributed by atoms with Crippen molar-refractivity contribution in [3.63, 3.8) is 0 Å². The van der Waals surface area contributed by atoms with E-state index in [4.69, 9.17) is 9.47 Å². The minimum Gasteiger partial charge on any atom is -0.491 e. The molecule has 4 nitrogen and oxygen atoms in total. The maximum absolute atomic E-state index is 11.5. The molecule has 92 valence electrons. The van der Waals surface area contributed by atoms with Crippen molar-refractivity contribution in [1.29, 1.82) is 0 Å². The number of nitrogens with one attached hydrogen (secondary N) is 1. The maximum atomic E-state index is 11.5. The monoisotopic (exact) mass is 235 g/mol. The van der Waals surface area contributed by atoms with E-state index in [9.17, 15) is 4.79 Å². The van der Waals surface area contributed by atoms with Crippen LogP contribution < -0.4 is 10.1 Å². The van der Waals surface area contributed by atoms with Crippen LogP contribution in [0, 0.1) is 0 Å². The van der Waals surface area contributed by atoms with Crippen molar-refractivity contribution >= 4 is 5.97 Å². The zero-order valence-corrected chi connectivity index (χ0v) is 10.1. The van der Waals surface area contributed by atoms with Gasteiger partial charge in [0.15, 0.2) is 0 Å². The highest BCUT2D eigenvalue weighted by molar-refractivity contribution is 5.75. The third-order valence-corrected chi connectivity index (χ3v) is 2.79. The normalized spacial score (nSPS) is 19.3. The van der Waals surface area contributed by atoms with Crippen molar-refractivity contribution in [3.05, 3.63) is 29.8 Å². The minimum absolute atomic E-state index is 0.0607. The summed E-state index contributed by atoms with van der Waals surface area (Å²) in [6.07, 6.45) is 0. The van der Waals surface area contributed by atoms with Gasteiger partial charge in [-0.25, -0.2) is 0 Å². The average molecular weight is 235 g/mol. The van der Waals surface area contributed by atoms with Crippen LogP contribution in [-0.4, -0.2) is 25.2 Å². The molecule has 17 heavy (non-hydrogen) atoms. The lowest BCUT2D eigenvalue weighted by molar-refractivity contribution is -0.145. The summed E-state index contributed by atoms with van der Waals surface area (Å²) in [6.45, 7) is 4.57. The second-order valence-corrected chi connectivity index (χ2v) is 4.04. The zero-order valence-electron chi connectivity index (χ0n) is 10.1. The molecule has 4 heteroatoms. The number of esters is 1. The molecule has 2 unspecified atom stereocenters. The standard InChI is InChI=1S/C13H17NO3/c1-3-16-13(15)9(2)14-11-8-17-12-7-5-4-6-10(11)12/h4-7,9,11,14H,3,8H2,1-2H3. The average Bonchev–Trinajstić information content (AvgIpc) is 2.73. The van der Waals surface area contributed by atoms with Gasteiger partial charge in [0.05, 0.1) is 12.6 Å². The molecular weight excluding hydrogens is 218 g/mol. The Morgan fingerprint density at radius 2 is 2.35 bits per heavy atom. The maximum Gasteiger partial charge on any atom is 0.322 e. The van der Waals surface area contributed by atoms with Crippen LogP contribution in [0.2, 0.25) is 0 Å². The Hall–Kier alpha value is -1.55. The van der Waals surface area contributed by atoms with E-state index in [1.54, 1.807) is 13.8 Å². The molecule has 0 amide bonds. The van der Waals surface area contributed by atoms with Crippen LogP contribution in [0.25, 0.3) is 0 Å². The third-order valence-electron chi connectivity index (χ3n) is 2.79. The van der Waals surface area contributed by atoms with Crippen LogP contribution in [0.3, 0.4) is 0 Å². The fourth-order valence-corrected chi connectivity index (χ4v) is 1.94. The van der Waals surface area contributed by atoms with E-state index in [0.717, 1.165) is 11.3 Å². The van der Waals surface area contributed by atoms with Crippen molar-refractivity contribution in [2.45, 2.75) is 25.9 Å². The molecule has 1 heterocycles. The first kappa shape index (κ1) is 11.9. The SMILES string of the molecule is CCOC(=O)C(C)NC1COc2ccccc21. The smallest absolute Gasteiger partial charge is 0.322 e. The number of fused-ring (bicyclic) bond motifs is 1. The highest BCUT2D eigenvalue weighted by Crippen LogP contribution is 2.31. The number of para-hydroxylation sites is 1. The molecule has 1 N–H and O–H groups in total. The summed E-state index contributed by atoms with van der Waals surface area (Å²) in [5.74, 6) is 0.665. The largest absolute Gasteiger partial charge is 0.491 e. The molecule has 0 saturated carbocycles. The molecule has 1 aromatic carbocycles. The van der Waals surface area contributed by atoms with Gasteiger partial charge in [0, 0.05) is 5.56 Å². The molecule has 0 aliphatic carbocycles. The van der Waals surface area contributed by atoms with Crippen molar-refractivity contribution in [3.8, 4) is 5.75 Å². The van der Waals surface area contributed by atoms with Crippen molar-refractivity contribution in [1.82, 2.24) is 5.32 Å². The molecule has 0 radical (unpaired) electrons. The fourth-order valence-electron chi connectivity index (χ4n) is 1.94.